The Bertz CT molecular complexity index is 825. The summed E-state index contributed by atoms with van der Waals surface area (Å²) in [5.41, 5.74) is 4.46. The van der Waals surface area contributed by atoms with Crippen molar-refractivity contribution in [2.75, 3.05) is 10.6 Å². The summed E-state index contributed by atoms with van der Waals surface area (Å²) in [6.45, 7) is 5.95. The van der Waals surface area contributed by atoms with Gasteiger partial charge in [0.1, 0.15) is 17.4 Å². The maximum Gasteiger partial charge on any atom is 0.267 e. The molecule has 2 rings (SSSR count). The van der Waals surface area contributed by atoms with Crippen LogP contribution in [-0.2, 0) is 4.79 Å². The fourth-order valence-electron chi connectivity index (χ4n) is 2.48. The number of phenolic OH excluding ortho intramolecular Hbond substituents is 1. The van der Waals surface area contributed by atoms with Crippen molar-refractivity contribution >= 4 is 17.3 Å². The third kappa shape index (κ3) is 4.14. The van der Waals surface area contributed by atoms with Crippen molar-refractivity contribution in [1.82, 2.24) is 0 Å². The van der Waals surface area contributed by atoms with E-state index in [9.17, 15) is 15.2 Å². The summed E-state index contributed by atoms with van der Waals surface area (Å²) >= 11 is 0. The van der Waals surface area contributed by atoms with Crippen molar-refractivity contribution in [3.05, 3.63) is 64.9 Å². The quantitative estimate of drug-likeness (QED) is 0.591. The zero-order valence-corrected chi connectivity index (χ0v) is 13.8. The van der Waals surface area contributed by atoms with Gasteiger partial charge in [-0.15, -0.1) is 0 Å². The van der Waals surface area contributed by atoms with Crippen molar-refractivity contribution in [3.8, 4) is 11.8 Å². The first-order chi connectivity index (χ1) is 11.4. The number of rotatable bonds is 4. The van der Waals surface area contributed by atoms with Crippen molar-refractivity contribution in [1.29, 1.82) is 5.26 Å². The molecule has 1 amide bonds. The van der Waals surface area contributed by atoms with Crippen LogP contribution in [0.15, 0.2) is 48.2 Å². The SMILES string of the molecule is Cc1cc(C)c(N/C=C(/C#N)C(=O)Nc2cccc(O)c2)c(C)c1. The number of hydrogen-bond acceptors (Lipinski definition) is 4. The smallest absolute Gasteiger partial charge is 0.267 e. The van der Waals surface area contributed by atoms with E-state index in [2.05, 4.69) is 10.6 Å². The molecule has 2 aromatic rings. The largest absolute Gasteiger partial charge is 0.508 e. The number of aryl methyl sites for hydroxylation is 3. The zero-order chi connectivity index (χ0) is 17.7. The molecule has 0 aliphatic carbocycles. The number of aromatic hydroxyl groups is 1. The molecule has 5 nitrogen and oxygen atoms in total. The molecule has 24 heavy (non-hydrogen) atoms. The lowest BCUT2D eigenvalue weighted by molar-refractivity contribution is -0.112. The predicted molar refractivity (Wildman–Crippen MR) is 94.7 cm³/mol. The number of nitrogens with one attached hydrogen (secondary N) is 2. The van der Waals surface area contributed by atoms with Crippen LogP contribution in [0.2, 0.25) is 0 Å². The monoisotopic (exact) mass is 321 g/mol. The van der Waals surface area contributed by atoms with Gasteiger partial charge in [0, 0.05) is 23.6 Å². The predicted octanol–water partition coefficient (Wildman–Crippen LogP) is 3.78. The Morgan fingerprint density at radius 1 is 1.17 bits per heavy atom. The van der Waals surface area contributed by atoms with Crippen LogP contribution < -0.4 is 10.6 Å². The van der Waals surface area contributed by atoms with Gasteiger partial charge in [-0.2, -0.15) is 5.26 Å². The van der Waals surface area contributed by atoms with Gasteiger partial charge in [0.05, 0.1) is 0 Å². The highest BCUT2D eigenvalue weighted by atomic mass is 16.3. The summed E-state index contributed by atoms with van der Waals surface area (Å²) in [6, 6.07) is 12.1. The molecule has 0 aliphatic heterocycles. The fraction of sp³-hybridized carbons (Fsp3) is 0.158. The Morgan fingerprint density at radius 3 is 2.42 bits per heavy atom. The lowest BCUT2D eigenvalue weighted by atomic mass is 10.1. The summed E-state index contributed by atoms with van der Waals surface area (Å²) in [5, 5.41) is 24.3. The normalized spacial score (nSPS) is 10.8. The summed E-state index contributed by atoms with van der Waals surface area (Å²) in [4.78, 5) is 12.2. The number of anilines is 2. The number of amides is 1. The van der Waals surface area contributed by atoms with E-state index in [0.717, 1.165) is 22.4 Å². The van der Waals surface area contributed by atoms with Crippen LogP contribution in [0.5, 0.6) is 5.75 Å². The highest BCUT2D eigenvalue weighted by Gasteiger charge is 2.10. The minimum Gasteiger partial charge on any atom is -0.508 e. The molecular formula is C19H19N3O2. The summed E-state index contributed by atoms with van der Waals surface area (Å²) in [5.74, 6) is -0.502. The number of hydrogen-bond donors (Lipinski definition) is 3. The lowest BCUT2D eigenvalue weighted by Crippen LogP contribution is -2.14. The van der Waals surface area contributed by atoms with Crippen LogP contribution in [-0.4, -0.2) is 11.0 Å². The first kappa shape index (κ1) is 17.1. The van der Waals surface area contributed by atoms with Gasteiger partial charge in [0.2, 0.25) is 0 Å². The molecule has 0 aromatic heterocycles. The van der Waals surface area contributed by atoms with E-state index < -0.39 is 5.91 Å². The molecule has 2 aromatic carbocycles. The summed E-state index contributed by atoms with van der Waals surface area (Å²) in [6.07, 6.45) is 1.39. The van der Waals surface area contributed by atoms with Gasteiger partial charge in [0.25, 0.3) is 5.91 Å². The highest BCUT2D eigenvalue weighted by molar-refractivity contribution is 6.06. The minimum atomic E-state index is -0.544. The molecule has 0 radical (unpaired) electrons. The highest BCUT2D eigenvalue weighted by Crippen LogP contribution is 2.22. The lowest BCUT2D eigenvalue weighted by Gasteiger charge is -2.11. The number of benzene rings is 2. The Balaban J connectivity index is 2.18. The first-order valence-corrected chi connectivity index (χ1v) is 7.45. The van der Waals surface area contributed by atoms with Gasteiger partial charge in [-0.1, -0.05) is 23.8 Å². The Kier molecular flexibility index (Phi) is 5.23. The van der Waals surface area contributed by atoms with E-state index in [1.165, 1.54) is 18.3 Å². The Hall–Kier alpha value is -3.26. The maximum absolute atomic E-state index is 12.2. The van der Waals surface area contributed by atoms with Crippen LogP contribution in [0.25, 0.3) is 0 Å². The molecule has 0 bridgehead atoms. The summed E-state index contributed by atoms with van der Waals surface area (Å²) in [7, 11) is 0. The van der Waals surface area contributed by atoms with Gasteiger partial charge in [-0.05, 0) is 44.0 Å². The van der Waals surface area contributed by atoms with Gasteiger partial charge in [-0.25, -0.2) is 0 Å². The molecule has 0 saturated carbocycles. The zero-order valence-electron chi connectivity index (χ0n) is 13.8. The number of nitrogens with zero attached hydrogens (tertiary/aromatic N) is 1. The molecular weight excluding hydrogens is 302 g/mol. The van der Waals surface area contributed by atoms with E-state index in [0.29, 0.717) is 5.69 Å². The number of carbonyl (C=O) groups excluding carboxylic acids is 1. The van der Waals surface area contributed by atoms with Crippen LogP contribution in [0, 0.1) is 32.1 Å². The molecule has 0 fully saturated rings. The fourth-order valence-corrected chi connectivity index (χ4v) is 2.48. The second kappa shape index (κ2) is 7.34. The molecule has 0 aliphatic rings. The van der Waals surface area contributed by atoms with Gasteiger partial charge in [0.15, 0.2) is 0 Å². The minimum absolute atomic E-state index is 0.0410. The Labute approximate surface area is 141 Å². The van der Waals surface area contributed by atoms with E-state index in [1.807, 2.05) is 39.0 Å². The van der Waals surface area contributed by atoms with Crippen molar-refractivity contribution < 1.29 is 9.90 Å². The van der Waals surface area contributed by atoms with Crippen molar-refractivity contribution in [2.45, 2.75) is 20.8 Å². The second-order valence-corrected chi connectivity index (χ2v) is 5.59. The maximum atomic E-state index is 12.2. The average molecular weight is 321 g/mol. The topological polar surface area (TPSA) is 85.2 Å². The van der Waals surface area contributed by atoms with Gasteiger partial charge >= 0.3 is 0 Å². The molecule has 0 unspecified atom stereocenters. The molecule has 5 heteroatoms. The first-order valence-electron chi connectivity index (χ1n) is 7.45. The van der Waals surface area contributed by atoms with Crippen LogP contribution in [0.1, 0.15) is 16.7 Å². The standard InChI is InChI=1S/C19H19N3O2/c1-12-7-13(2)18(14(3)8-12)21-11-15(10-20)19(24)22-16-5-4-6-17(23)9-16/h4-9,11,21,23H,1-3H3,(H,22,24)/b15-11-. The van der Waals surface area contributed by atoms with E-state index in [4.69, 9.17) is 0 Å². The molecule has 122 valence electrons. The van der Waals surface area contributed by atoms with Crippen LogP contribution in [0.4, 0.5) is 11.4 Å². The van der Waals surface area contributed by atoms with Crippen LogP contribution in [0.3, 0.4) is 0 Å². The third-order valence-corrected chi connectivity index (χ3v) is 3.51. The van der Waals surface area contributed by atoms with E-state index in [1.54, 1.807) is 12.1 Å². The molecule has 3 N–H and O–H groups in total. The van der Waals surface area contributed by atoms with Gasteiger partial charge in [-0.3, -0.25) is 4.79 Å². The van der Waals surface area contributed by atoms with E-state index >= 15 is 0 Å². The van der Waals surface area contributed by atoms with Gasteiger partial charge < -0.3 is 15.7 Å². The molecule has 0 atom stereocenters. The van der Waals surface area contributed by atoms with Crippen LogP contribution >= 0.6 is 0 Å². The summed E-state index contributed by atoms with van der Waals surface area (Å²) < 4.78 is 0. The van der Waals surface area contributed by atoms with E-state index in [-0.39, 0.29) is 11.3 Å². The Morgan fingerprint density at radius 2 is 1.83 bits per heavy atom. The molecule has 0 heterocycles. The van der Waals surface area contributed by atoms with Crippen molar-refractivity contribution in [3.63, 3.8) is 0 Å². The number of phenols is 1. The molecule has 0 saturated heterocycles. The van der Waals surface area contributed by atoms with Crippen molar-refractivity contribution in [2.24, 2.45) is 0 Å². The molecule has 0 spiro atoms. The third-order valence-electron chi connectivity index (χ3n) is 3.51. The number of nitriles is 1. The number of carbonyl (C=O) groups is 1. The second-order valence-electron chi connectivity index (χ2n) is 5.59. The average Bonchev–Trinajstić information content (AvgIpc) is 2.49.